The zero-order valence-corrected chi connectivity index (χ0v) is 12.0. The lowest BCUT2D eigenvalue weighted by Gasteiger charge is -2.33. The predicted molar refractivity (Wildman–Crippen MR) is 79.3 cm³/mol. The second-order valence-electron chi connectivity index (χ2n) is 5.34. The van der Waals surface area contributed by atoms with Crippen molar-refractivity contribution in [1.29, 1.82) is 0 Å². The van der Waals surface area contributed by atoms with Crippen molar-refractivity contribution in [2.45, 2.75) is 45.6 Å². The van der Waals surface area contributed by atoms with Crippen LogP contribution in [0.2, 0.25) is 0 Å². The van der Waals surface area contributed by atoms with Crippen LogP contribution in [0.1, 0.15) is 38.7 Å². The first-order chi connectivity index (χ1) is 9.20. The average Bonchev–Trinajstić information content (AvgIpc) is 2.46. The van der Waals surface area contributed by atoms with E-state index in [1.165, 1.54) is 12.0 Å². The maximum absolute atomic E-state index is 12.2. The van der Waals surface area contributed by atoms with E-state index in [1.807, 2.05) is 17.0 Å². The fourth-order valence-electron chi connectivity index (χ4n) is 2.61. The zero-order valence-electron chi connectivity index (χ0n) is 12.0. The summed E-state index contributed by atoms with van der Waals surface area (Å²) in [7, 11) is 0. The standard InChI is InChI=1S/C16H24N2O/c1-3-14-7-9-15(10-8-14)17-12-16(19)18-11-5-4-6-13(18)2/h7-10,13,17H,3-6,11-12H2,1-2H3. The van der Waals surface area contributed by atoms with Gasteiger partial charge in [-0.2, -0.15) is 0 Å². The van der Waals surface area contributed by atoms with E-state index in [4.69, 9.17) is 0 Å². The molecule has 0 spiro atoms. The van der Waals surface area contributed by atoms with Gasteiger partial charge in [0.15, 0.2) is 0 Å². The van der Waals surface area contributed by atoms with Crippen LogP contribution in [0.5, 0.6) is 0 Å². The molecule has 1 aliphatic rings. The number of nitrogens with zero attached hydrogens (tertiary/aromatic N) is 1. The maximum Gasteiger partial charge on any atom is 0.242 e. The minimum atomic E-state index is 0.215. The van der Waals surface area contributed by atoms with Crippen molar-refractivity contribution >= 4 is 11.6 Å². The van der Waals surface area contributed by atoms with Crippen LogP contribution in [0.4, 0.5) is 5.69 Å². The third kappa shape index (κ3) is 3.72. The summed E-state index contributed by atoms with van der Waals surface area (Å²) in [4.78, 5) is 14.2. The molecule has 1 atom stereocenters. The van der Waals surface area contributed by atoms with Gasteiger partial charge in [0.05, 0.1) is 6.54 Å². The largest absolute Gasteiger partial charge is 0.376 e. The molecule has 1 N–H and O–H groups in total. The number of likely N-dealkylation sites (tertiary alicyclic amines) is 1. The van der Waals surface area contributed by atoms with Crippen LogP contribution in [0.15, 0.2) is 24.3 Å². The van der Waals surface area contributed by atoms with E-state index in [2.05, 4.69) is 31.3 Å². The molecule has 0 aromatic heterocycles. The summed E-state index contributed by atoms with van der Waals surface area (Å²) in [5.41, 5.74) is 2.34. The highest BCUT2D eigenvalue weighted by molar-refractivity contribution is 5.81. The van der Waals surface area contributed by atoms with Crippen LogP contribution in [-0.4, -0.2) is 29.9 Å². The number of benzene rings is 1. The number of anilines is 1. The zero-order chi connectivity index (χ0) is 13.7. The van der Waals surface area contributed by atoms with E-state index in [0.717, 1.165) is 31.5 Å². The first-order valence-corrected chi connectivity index (χ1v) is 7.33. The Morgan fingerprint density at radius 1 is 1.32 bits per heavy atom. The third-order valence-corrected chi connectivity index (χ3v) is 3.93. The quantitative estimate of drug-likeness (QED) is 0.902. The van der Waals surface area contributed by atoms with Gasteiger partial charge in [-0.05, 0) is 50.3 Å². The maximum atomic E-state index is 12.2. The minimum absolute atomic E-state index is 0.215. The third-order valence-electron chi connectivity index (χ3n) is 3.93. The van der Waals surface area contributed by atoms with Gasteiger partial charge in [0.1, 0.15) is 0 Å². The fraction of sp³-hybridized carbons (Fsp3) is 0.562. The van der Waals surface area contributed by atoms with Gasteiger partial charge in [-0.1, -0.05) is 19.1 Å². The molecule has 1 unspecified atom stereocenters. The average molecular weight is 260 g/mol. The predicted octanol–water partition coefficient (Wildman–Crippen LogP) is 3.06. The number of hydrogen-bond acceptors (Lipinski definition) is 2. The van der Waals surface area contributed by atoms with E-state index in [9.17, 15) is 4.79 Å². The normalized spacial score (nSPS) is 19.3. The molecule has 0 saturated carbocycles. The van der Waals surface area contributed by atoms with Gasteiger partial charge in [0.2, 0.25) is 5.91 Å². The van der Waals surface area contributed by atoms with Crippen molar-refractivity contribution in [2.75, 3.05) is 18.4 Å². The highest BCUT2D eigenvalue weighted by Crippen LogP contribution is 2.16. The molecule has 2 rings (SSSR count). The molecule has 104 valence electrons. The second-order valence-corrected chi connectivity index (χ2v) is 5.34. The molecular weight excluding hydrogens is 236 g/mol. The summed E-state index contributed by atoms with van der Waals surface area (Å²) in [6.45, 7) is 5.60. The molecule has 1 aromatic carbocycles. The first kappa shape index (κ1) is 13.9. The Balaban J connectivity index is 1.85. The number of nitrogens with one attached hydrogen (secondary N) is 1. The van der Waals surface area contributed by atoms with Crippen LogP contribution in [0, 0.1) is 0 Å². The highest BCUT2D eigenvalue weighted by Gasteiger charge is 2.22. The molecule has 1 aromatic rings. The van der Waals surface area contributed by atoms with Crippen molar-refractivity contribution in [3.8, 4) is 0 Å². The SMILES string of the molecule is CCc1ccc(NCC(=O)N2CCCCC2C)cc1. The lowest BCUT2D eigenvalue weighted by atomic mass is 10.0. The Bertz CT molecular complexity index is 413. The molecule has 0 radical (unpaired) electrons. The molecule has 3 heteroatoms. The highest BCUT2D eigenvalue weighted by atomic mass is 16.2. The summed E-state index contributed by atoms with van der Waals surface area (Å²) in [6.07, 6.45) is 4.57. The Hall–Kier alpha value is -1.51. The van der Waals surface area contributed by atoms with Crippen LogP contribution in [0.3, 0.4) is 0 Å². The Morgan fingerprint density at radius 3 is 2.68 bits per heavy atom. The van der Waals surface area contributed by atoms with Gasteiger partial charge in [-0.25, -0.2) is 0 Å². The van der Waals surface area contributed by atoms with Gasteiger partial charge >= 0.3 is 0 Å². The van der Waals surface area contributed by atoms with Crippen LogP contribution in [-0.2, 0) is 11.2 Å². The van der Waals surface area contributed by atoms with Crippen LogP contribution in [0.25, 0.3) is 0 Å². The van der Waals surface area contributed by atoms with Gasteiger partial charge in [-0.15, -0.1) is 0 Å². The number of piperidine rings is 1. The van der Waals surface area contributed by atoms with E-state index < -0.39 is 0 Å². The Morgan fingerprint density at radius 2 is 2.05 bits per heavy atom. The first-order valence-electron chi connectivity index (χ1n) is 7.33. The molecule has 1 fully saturated rings. The van der Waals surface area contributed by atoms with Crippen LogP contribution >= 0.6 is 0 Å². The van der Waals surface area contributed by atoms with Gasteiger partial charge in [0.25, 0.3) is 0 Å². The Labute approximate surface area is 116 Å². The van der Waals surface area contributed by atoms with Crippen LogP contribution < -0.4 is 5.32 Å². The summed E-state index contributed by atoms with van der Waals surface area (Å²) >= 11 is 0. The van der Waals surface area contributed by atoms with E-state index in [0.29, 0.717) is 12.6 Å². The lowest BCUT2D eigenvalue weighted by molar-refractivity contribution is -0.132. The smallest absolute Gasteiger partial charge is 0.242 e. The number of hydrogen-bond donors (Lipinski definition) is 1. The molecule has 1 heterocycles. The minimum Gasteiger partial charge on any atom is -0.376 e. The Kier molecular flexibility index (Phi) is 4.83. The molecule has 3 nitrogen and oxygen atoms in total. The van der Waals surface area contributed by atoms with Crippen molar-refractivity contribution in [3.05, 3.63) is 29.8 Å². The molecule has 0 aliphatic carbocycles. The molecule has 1 amide bonds. The topological polar surface area (TPSA) is 32.3 Å². The molecule has 1 saturated heterocycles. The number of amides is 1. The van der Waals surface area contributed by atoms with Crippen molar-refractivity contribution in [2.24, 2.45) is 0 Å². The lowest BCUT2D eigenvalue weighted by Crippen LogP contribution is -2.44. The van der Waals surface area contributed by atoms with E-state index in [1.54, 1.807) is 0 Å². The molecule has 0 bridgehead atoms. The van der Waals surface area contributed by atoms with Gasteiger partial charge in [0, 0.05) is 18.3 Å². The van der Waals surface area contributed by atoms with Gasteiger partial charge in [-0.3, -0.25) is 4.79 Å². The summed E-state index contributed by atoms with van der Waals surface area (Å²) in [5, 5.41) is 3.22. The van der Waals surface area contributed by atoms with E-state index in [-0.39, 0.29) is 5.91 Å². The molecule has 19 heavy (non-hydrogen) atoms. The van der Waals surface area contributed by atoms with Crippen molar-refractivity contribution < 1.29 is 4.79 Å². The monoisotopic (exact) mass is 260 g/mol. The summed E-state index contributed by atoms with van der Waals surface area (Å²) in [6, 6.07) is 8.70. The van der Waals surface area contributed by atoms with E-state index >= 15 is 0 Å². The summed E-state index contributed by atoms with van der Waals surface area (Å²) in [5.74, 6) is 0.215. The van der Waals surface area contributed by atoms with Gasteiger partial charge < -0.3 is 10.2 Å². The summed E-state index contributed by atoms with van der Waals surface area (Å²) < 4.78 is 0. The van der Waals surface area contributed by atoms with Crippen molar-refractivity contribution in [3.63, 3.8) is 0 Å². The second kappa shape index (κ2) is 6.60. The number of aryl methyl sites for hydroxylation is 1. The fourth-order valence-corrected chi connectivity index (χ4v) is 2.61. The molecular formula is C16H24N2O. The number of carbonyl (C=O) groups excluding carboxylic acids is 1. The van der Waals surface area contributed by atoms with Crippen molar-refractivity contribution in [1.82, 2.24) is 4.90 Å². The molecule has 1 aliphatic heterocycles. The number of carbonyl (C=O) groups is 1. The number of rotatable bonds is 4.